The number of nitrogens with zero attached hydrogens (tertiary/aromatic N) is 4. The van der Waals surface area contributed by atoms with E-state index in [-0.39, 0.29) is 5.54 Å². The van der Waals surface area contributed by atoms with Crippen molar-refractivity contribution >= 4 is 11.3 Å². The van der Waals surface area contributed by atoms with Gasteiger partial charge in [0.15, 0.2) is 0 Å². The van der Waals surface area contributed by atoms with Crippen LogP contribution in [-0.4, -0.2) is 46.5 Å². The average molecular weight is 250 g/mol. The maximum absolute atomic E-state index is 9.11. The summed E-state index contributed by atoms with van der Waals surface area (Å²) in [5.74, 6) is 0. The average Bonchev–Trinajstić information content (AvgIpc) is 2.83. The van der Waals surface area contributed by atoms with Gasteiger partial charge in [-0.2, -0.15) is 5.26 Å². The number of hydrogen-bond donors (Lipinski definition) is 0. The molecule has 92 valence electrons. The van der Waals surface area contributed by atoms with Crippen LogP contribution in [0.5, 0.6) is 0 Å². The van der Waals surface area contributed by atoms with Crippen molar-refractivity contribution in [2.24, 2.45) is 0 Å². The van der Waals surface area contributed by atoms with E-state index in [1.54, 1.807) is 11.3 Å². The van der Waals surface area contributed by atoms with Gasteiger partial charge in [-0.25, -0.2) is 0 Å². The van der Waals surface area contributed by atoms with Crippen molar-refractivity contribution in [1.82, 2.24) is 14.8 Å². The van der Waals surface area contributed by atoms with Gasteiger partial charge in [0.05, 0.1) is 11.6 Å². The lowest BCUT2D eigenvalue weighted by Crippen LogP contribution is -2.53. The second-order valence-corrected chi connectivity index (χ2v) is 5.87. The molecule has 1 aliphatic rings. The zero-order valence-electron chi connectivity index (χ0n) is 10.4. The Bertz CT molecular complexity index is 385. The van der Waals surface area contributed by atoms with E-state index in [9.17, 15) is 0 Å². The Hall–Kier alpha value is -0.960. The third kappa shape index (κ3) is 3.03. The smallest absolute Gasteiger partial charge is 0.103 e. The molecule has 0 amide bonds. The first-order valence-corrected chi connectivity index (χ1v) is 6.76. The standard InChI is InChI=1S/C12H18N4S/c1-12(2,9-13)16-5-3-15(4-6-16)8-11-7-14-10-17-11/h7,10H,3-6,8H2,1-2H3. The van der Waals surface area contributed by atoms with E-state index in [0.29, 0.717) is 0 Å². The van der Waals surface area contributed by atoms with Crippen LogP contribution in [0.4, 0.5) is 0 Å². The second-order valence-electron chi connectivity index (χ2n) is 4.90. The van der Waals surface area contributed by atoms with Crippen molar-refractivity contribution in [2.75, 3.05) is 26.2 Å². The van der Waals surface area contributed by atoms with Gasteiger partial charge in [-0.15, -0.1) is 11.3 Å². The number of rotatable bonds is 3. The number of piperazine rings is 1. The molecule has 17 heavy (non-hydrogen) atoms. The molecule has 1 fully saturated rings. The lowest BCUT2D eigenvalue weighted by Gasteiger charge is -2.40. The Morgan fingerprint density at radius 1 is 1.41 bits per heavy atom. The predicted octanol–water partition coefficient (Wildman–Crippen LogP) is 1.56. The van der Waals surface area contributed by atoms with E-state index in [2.05, 4.69) is 20.9 Å². The van der Waals surface area contributed by atoms with E-state index >= 15 is 0 Å². The molecular formula is C12H18N4S. The first-order valence-electron chi connectivity index (χ1n) is 5.88. The van der Waals surface area contributed by atoms with Gasteiger partial charge in [0.1, 0.15) is 5.54 Å². The van der Waals surface area contributed by atoms with E-state index in [4.69, 9.17) is 5.26 Å². The summed E-state index contributed by atoms with van der Waals surface area (Å²) in [4.78, 5) is 10.1. The molecule has 5 heteroatoms. The number of hydrogen-bond acceptors (Lipinski definition) is 5. The van der Waals surface area contributed by atoms with Crippen LogP contribution in [0.2, 0.25) is 0 Å². The molecule has 1 aliphatic heterocycles. The minimum Gasteiger partial charge on any atom is -0.296 e. The van der Waals surface area contributed by atoms with Gasteiger partial charge in [0.25, 0.3) is 0 Å². The van der Waals surface area contributed by atoms with Crippen molar-refractivity contribution < 1.29 is 0 Å². The fraction of sp³-hybridized carbons (Fsp3) is 0.667. The van der Waals surface area contributed by atoms with Gasteiger partial charge in [-0.05, 0) is 13.8 Å². The third-order valence-electron chi connectivity index (χ3n) is 3.30. The molecule has 0 unspecified atom stereocenters. The van der Waals surface area contributed by atoms with Gasteiger partial charge in [0.2, 0.25) is 0 Å². The van der Waals surface area contributed by atoms with Gasteiger partial charge >= 0.3 is 0 Å². The molecule has 0 atom stereocenters. The van der Waals surface area contributed by atoms with E-state index < -0.39 is 0 Å². The summed E-state index contributed by atoms with van der Waals surface area (Å²) >= 11 is 1.71. The SMILES string of the molecule is CC(C)(C#N)N1CCN(Cc2cncs2)CC1. The quantitative estimate of drug-likeness (QED) is 0.816. The molecule has 0 spiro atoms. The molecular weight excluding hydrogens is 232 g/mol. The zero-order valence-corrected chi connectivity index (χ0v) is 11.2. The summed E-state index contributed by atoms with van der Waals surface area (Å²) in [6.07, 6.45) is 1.94. The molecule has 0 saturated carbocycles. The molecule has 2 rings (SSSR count). The van der Waals surface area contributed by atoms with Crippen LogP contribution in [0.1, 0.15) is 18.7 Å². The van der Waals surface area contributed by atoms with E-state index in [0.717, 1.165) is 32.7 Å². The van der Waals surface area contributed by atoms with E-state index in [1.807, 2.05) is 25.6 Å². The summed E-state index contributed by atoms with van der Waals surface area (Å²) in [6, 6.07) is 2.37. The third-order valence-corrected chi connectivity index (χ3v) is 4.06. The highest BCUT2D eigenvalue weighted by molar-refractivity contribution is 7.09. The lowest BCUT2D eigenvalue weighted by molar-refractivity contribution is 0.0769. The Kier molecular flexibility index (Phi) is 3.77. The van der Waals surface area contributed by atoms with Crippen LogP contribution in [0.25, 0.3) is 0 Å². The second kappa shape index (κ2) is 5.13. The normalized spacial score (nSPS) is 19.1. The van der Waals surface area contributed by atoms with Crippen molar-refractivity contribution in [3.8, 4) is 6.07 Å². The van der Waals surface area contributed by atoms with Crippen molar-refractivity contribution in [1.29, 1.82) is 5.26 Å². The van der Waals surface area contributed by atoms with Gasteiger partial charge in [-0.3, -0.25) is 14.8 Å². The number of nitriles is 1. The van der Waals surface area contributed by atoms with Crippen molar-refractivity contribution in [3.05, 3.63) is 16.6 Å². The Morgan fingerprint density at radius 2 is 2.12 bits per heavy atom. The molecule has 0 bridgehead atoms. The summed E-state index contributed by atoms with van der Waals surface area (Å²) in [7, 11) is 0. The fourth-order valence-corrected chi connectivity index (χ4v) is 2.71. The van der Waals surface area contributed by atoms with Gasteiger partial charge in [-0.1, -0.05) is 0 Å². The maximum atomic E-state index is 9.11. The van der Waals surface area contributed by atoms with Gasteiger partial charge in [0, 0.05) is 43.8 Å². The molecule has 4 nitrogen and oxygen atoms in total. The lowest BCUT2D eigenvalue weighted by atomic mass is 10.0. The summed E-state index contributed by atoms with van der Waals surface area (Å²) in [5.41, 5.74) is 1.54. The highest BCUT2D eigenvalue weighted by atomic mass is 32.1. The Labute approximate surface area is 106 Å². The largest absolute Gasteiger partial charge is 0.296 e. The van der Waals surface area contributed by atoms with E-state index in [1.165, 1.54) is 4.88 Å². The molecule has 0 radical (unpaired) electrons. The van der Waals surface area contributed by atoms with Crippen molar-refractivity contribution in [2.45, 2.75) is 25.9 Å². The highest BCUT2D eigenvalue weighted by Crippen LogP contribution is 2.17. The first kappa shape index (κ1) is 12.5. The van der Waals surface area contributed by atoms with Gasteiger partial charge < -0.3 is 0 Å². The molecule has 0 N–H and O–H groups in total. The zero-order chi connectivity index (χ0) is 12.3. The summed E-state index contributed by atoms with van der Waals surface area (Å²) in [6.45, 7) is 8.98. The monoisotopic (exact) mass is 250 g/mol. The fourth-order valence-electron chi connectivity index (χ4n) is 2.08. The molecule has 1 saturated heterocycles. The van der Waals surface area contributed by atoms with Crippen LogP contribution < -0.4 is 0 Å². The molecule has 0 aromatic carbocycles. The highest BCUT2D eigenvalue weighted by Gasteiger charge is 2.29. The van der Waals surface area contributed by atoms with Crippen LogP contribution in [0, 0.1) is 11.3 Å². The van der Waals surface area contributed by atoms with Crippen LogP contribution >= 0.6 is 11.3 Å². The Balaban J connectivity index is 1.85. The molecule has 1 aromatic rings. The maximum Gasteiger partial charge on any atom is 0.103 e. The predicted molar refractivity (Wildman–Crippen MR) is 68.7 cm³/mol. The molecule has 2 heterocycles. The summed E-state index contributed by atoms with van der Waals surface area (Å²) in [5, 5.41) is 9.11. The van der Waals surface area contributed by atoms with Crippen molar-refractivity contribution in [3.63, 3.8) is 0 Å². The number of aromatic nitrogens is 1. The Morgan fingerprint density at radius 3 is 2.65 bits per heavy atom. The molecule has 0 aliphatic carbocycles. The minimum absolute atomic E-state index is 0.337. The summed E-state index contributed by atoms with van der Waals surface area (Å²) < 4.78 is 0. The molecule has 1 aromatic heterocycles. The van der Waals surface area contributed by atoms with Crippen LogP contribution in [0.3, 0.4) is 0 Å². The first-order chi connectivity index (χ1) is 8.12. The van der Waals surface area contributed by atoms with Crippen LogP contribution in [-0.2, 0) is 6.54 Å². The van der Waals surface area contributed by atoms with Crippen LogP contribution in [0.15, 0.2) is 11.7 Å². The minimum atomic E-state index is -0.337. The number of thiazole rings is 1. The topological polar surface area (TPSA) is 43.2 Å².